The van der Waals surface area contributed by atoms with Crippen molar-refractivity contribution in [1.82, 2.24) is 10.2 Å². The number of carbonyl (C=O) groups excluding carboxylic acids is 2. The van der Waals surface area contributed by atoms with Crippen molar-refractivity contribution >= 4 is 27.0 Å². The van der Waals surface area contributed by atoms with Gasteiger partial charge in [0.2, 0.25) is 7.44 Å². The Kier molecular flexibility index (Phi) is 16.2. The fourth-order valence-electron chi connectivity index (χ4n) is 3.18. The van der Waals surface area contributed by atoms with Gasteiger partial charge in [0.05, 0.1) is 13.2 Å². The van der Waals surface area contributed by atoms with Crippen LogP contribution in [0.5, 0.6) is 0 Å². The van der Waals surface area contributed by atoms with Gasteiger partial charge >= 0.3 is 19.5 Å². The van der Waals surface area contributed by atoms with Crippen molar-refractivity contribution < 1.29 is 38.0 Å². The molecular formula is C25H40N2O8P2. The van der Waals surface area contributed by atoms with Crippen LogP contribution in [0.2, 0.25) is 0 Å². The van der Waals surface area contributed by atoms with E-state index in [1.165, 1.54) is 6.66 Å². The molecule has 2 aromatic carbocycles. The second kappa shape index (κ2) is 17.2. The van der Waals surface area contributed by atoms with Crippen LogP contribution in [0.3, 0.4) is 0 Å². The Hall–Kier alpha value is -2.32. The van der Waals surface area contributed by atoms with E-state index in [1.54, 1.807) is 13.8 Å². The Morgan fingerprint density at radius 1 is 0.757 bits per heavy atom. The van der Waals surface area contributed by atoms with Gasteiger partial charge in [-0.05, 0) is 37.8 Å². The quantitative estimate of drug-likeness (QED) is 0.224. The number of carbonyl (C=O) groups is 2. The van der Waals surface area contributed by atoms with Crippen molar-refractivity contribution in [2.75, 3.05) is 26.5 Å². The smallest absolute Gasteiger partial charge is 0.323 e. The molecule has 0 spiro atoms. The molecule has 2 rings (SSSR count). The monoisotopic (exact) mass is 558 g/mol. The zero-order valence-corrected chi connectivity index (χ0v) is 22.8. The average molecular weight is 559 g/mol. The normalized spacial score (nSPS) is 14.0. The summed E-state index contributed by atoms with van der Waals surface area (Å²) in [7, 11) is -6.97. The van der Waals surface area contributed by atoms with Crippen LogP contribution in [-0.2, 0) is 41.0 Å². The lowest BCUT2D eigenvalue weighted by molar-refractivity contribution is -0.145. The van der Waals surface area contributed by atoms with E-state index in [2.05, 4.69) is 10.2 Å². The van der Waals surface area contributed by atoms with E-state index in [1.807, 2.05) is 60.7 Å². The molecular weight excluding hydrogens is 518 g/mol. The maximum atomic E-state index is 13.4. The van der Waals surface area contributed by atoms with Crippen molar-refractivity contribution in [2.24, 2.45) is 0 Å². The molecule has 0 aliphatic heterocycles. The first-order chi connectivity index (χ1) is 16.8. The summed E-state index contributed by atoms with van der Waals surface area (Å²) in [6.07, 6.45) is 0.615. The number of hydrogen-bond acceptors (Lipinski definition) is 6. The minimum atomic E-state index is -3.64. The van der Waals surface area contributed by atoms with E-state index in [9.17, 15) is 18.7 Å². The van der Waals surface area contributed by atoms with Crippen molar-refractivity contribution in [2.45, 2.75) is 46.2 Å². The maximum absolute atomic E-state index is 13.4. The Labute approximate surface area is 219 Å². The Balaban J connectivity index is 0.00000196. The number of nitrogens with one attached hydrogen (secondary N) is 2. The third-order valence-corrected chi connectivity index (χ3v) is 6.12. The first kappa shape index (κ1) is 34.7. The van der Waals surface area contributed by atoms with E-state index in [-0.39, 0.29) is 20.6 Å². The predicted molar refractivity (Wildman–Crippen MR) is 146 cm³/mol. The standard InChI is InChI=1S/C23H31N2O5P.CH5O3P.CH4/c1-4-29-22(26)20(16-18-12-8-6-9-13-18)24-31(3,28)25-21(23(27)30-5-2)17-19-14-10-7-11-15-19;1-5(2,3)4;/h6-15,20-21H,4-5,16-17H2,1-3H3,(H2,24,25,28);1H3,(H2,2,3,4);1H4. The van der Waals surface area contributed by atoms with E-state index >= 15 is 0 Å². The van der Waals surface area contributed by atoms with E-state index < -0.39 is 39.1 Å². The first-order valence-corrected chi connectivity index (χ1v) is 15.6. The second-order valence-electron chi connectivity index (χ2n) is 8.01. The van der Waals surface area contributed by atoms with E-state index in [0.29, 0.717) is 12.8 Å². The molecule has 0 amide bonds. The van der Waals surface area contributed by atoms with Gasteiger partial charge in [0, 0.05) is 13.3 Å². The largest absolute Gasteiger partial charge is 0.465 e. The second-order valence-corrected chi connectivity index (χ2v) is 12.0. The predicted octanol–water partition coefficient (Wildman–Crippen LogP) is 3.77. The zero-order valence-electron chi connectivity index (χ0n) is 21.0. The highest BCUT2D eigenvalue weighted by Crippen LogP contribution is 2.33. The lowest BCUT2D eigenvalue weighted by Crippen LogP contribution is -2.45. The number of hydrogen-bond donors (Lipinski definition) is 4. The summed E-state index contributed by atoms with van der Waals surface area (Å²) < 4.78 is 33.1. The molecule has 0 fully saturated rings. The van der Waals surface area contributed by atoms with E-state index in [4.69, 9.17) is 19.3 Å². The molecule has 2 atom stereocenters. The summed E-state index contributed by atoms with van der Waals surface area (Å²) in [5.41, 5.74) is 1.80. The number of benzene rings is 2. The number of esters is 2. The highest BCUT2D eigenvalue weighted by molar-refractivity contribution is 7.59. The van der Waals surface area contributed by atoms with Gasteiger partial charge in [0.15, 0.2) is 0 Å². The topological polar surface area (TPSA) is 151 Å². The van der Waals surface area contributed by atoms with Crippen molar-refractivity contribution in [3.05, 3.63) is 71.8 Å². The minimum absolute atomic E-state index is 0. The van der Waals surface area contributed by atoms with Gasteiger partial charge in [-0.1, -0.05) is 68.1 Å². The van der Waals surface area contributed by atoms with Crippen LogP contribution in [0.4, 0.5) is 0 Å². The lowest BCUT2D eigenvalue weighted by atomic mass is 10.1. The summed E-state index contributed by atoms with van der Waals surface area (Å²) in [5.74, 6) is -0.989. The number of rotatable bonds is 12. The Morgan fingerprint density at radius 3 is 1.32 bits per heavy atom. The molecule has 0 aliphatic carbocycles. The Morgan fingerprint density at radius 2 is 1.05 bits per heavy atom. The van der Waals surface area contributed by atoms with Crippen LogP contribution in [-0.4, -0.2) is 60.4 Å². The van der Waals surface area contributed by atoms with Crippen LogP contribution >= 0.6 is 15.0 Å². The van der Waals surface area contributed by atoms with Crippen LogP contribution in [0.25, 0.3) is 0 Å². The molecule has 2 aromatic rings. The van der Waals surface area contributed by atoms with E-state index in [0.717, 1.165) is 17.8 Å². The Bertz CT molecular complexity index is 954. The van der Waals surface area contributed by atoms with Crippen LogP contribution < -0.4 is 10.2 Å². The minimum Gasteiger partial charge on any atom is -0.465 e. The van der Waals surface area contributed by atoms with Crippen LogP contribution in [0.15, 0.2) is 60.7 Å². The molecule has 0 radical (unpaired) electrons. The number of ether oxygens (including phenoxy) is 2. The summed E-state index contributed by atoms with van der Waals surface area (Å²) in [6.45, 7) is 6.18. The highest BCUT2D eigenvalue weighted by Gasteiger charge is 2.32. The molecule has 2 unspecified atom stereocenters. The lowest BCUT2D eigenvalue weighted by Gasteiger charge is -2.26. The first-order valence-electron chi connectivity index (χ1n) is 11.4. The molecule has 0 bridgehead atoms. The molecule has 4 N–H and O–H groups in total. The van der Waals surface area contributed by atoms with Crippen LogP contribution in [0.1, 0.15) is 32.4 Å². The van der Waals surface area contributed by atoms with Gasteiger partial charge in [-0.25, -0.2) is 10.2 Å². The maximum Gasteiger partial charge on any atom is 0.323 e. The molecule has 208 valence electrons. The van der Waals surface area contributed by atoms with Crippen molar-refractivity contribution in [3.63, 3.8) is 0 Å². The van der Waals surface area contributed by atoms with Gasteiger partial charge in [-0.3, -0.25) is 18.7 Å². The zero-order chi connectivity index (χ0) is 27.2. The van der Waals surface area contributed by atoms with Gasteiger partial charge in [-0.2, -0.15) is 0 Å². The third-order valence-electron chi connectivity index (χ3n) is 4.51. The third kappa shape index (κ3) is 16.2. The van der Waals surface area contributed by atoms with Gasteiger partial charge in [0.25, 0.3) is 0 Å². The SMILES string of the molecule is C.CCOC(=O)C(Cc1ccccc1)NP(C)(=O)NC(Cc1ccccc1)C(=O)OCC.CP(=O)(O)O. The molecule has 0 heterocycles. The molecule has 10 nitrogen and oxygen atoms in total. The summed E-state index contributed by atoms with van der Waals surface area (Å²) in [4.78, 5) is 40.3. The average Bonchev–Trinajstić information content (AvgIpc) is 2.78. The molecule has 37 heavy (non-hydrogen) atoms. The fourth-order valence-corrected chi connectivity index (χ4v) is 4.84. The molecule has 0 aliphatic rings. The molecule has 0 saturated carbocycles. The van der Waals surface area contributed by atoms with Gasteiger partial charge in [0.1, 0.15) is 12.1 Å². The van der Waals surface area contributed by atoms with Gasteiger partial charge in [-0.15, -0.1) is 0 Å². The van der Waals surface area contributed by atoms with Crippen molar-refractivity contribution in [3.8, 4) is 0 Å². The molecule has 12 heteroatoms. The van der Waals surface area contributed by atoms with Gasteiger partial charge < -0.3 is 19.3 Å². The molecule has 0 saturated heterocycles. The molecule has 0 aromatic heterocycles. The van der Waals surface area contributed by atoms with Crippen LogP contribution in [0, 0.1) is 0 Å². The summed E-state index contributed by atoms with van der Waals surface area (Å²) >= 11 is 0. The van der Waals surface area contributed by atoms with Crippen molar-refractivity contribution in [1.29, 1.82) is 0 Å². The summed E-state index contributed by atoms with van der Waals surface area (Å²) in [6, 6.07) is 17.2. The fraction of sp³-hybridized carbons (Fsp3) is 0.440. The highest BCUT2D eigenvalue weighted by atomic mass is 31.2. The summed E-state index contributed by atoms with van der Waals surface area (Å²) in [5, 5.41) is 5.80.